The molecule has 10 nitrogen and oxygen atoms in total. The number of carbonyl (C=O) groups excluding carboxylic acids is 1. The van der Waals surface area contributed by atoms with Gasteiger partial charge in [0.05, 0.1) is 30.8 Å². The number of likely N-dealkylation sites (tertiary alicyclic amines) is 1. The van der Waals surface area contributed by atoms with Crippen LogP contribution in [-0.4, -0.2) is 63.6 Å². The van der Waals surface area contributed by atoms with E-state index in [1.54, 1.807) is 0 Å². The molecule has 3 aromatic rings. The zero-order chi connectivity index (χ0) is 29.1. The quantitative estimate of drug-likeness (QED) is 0.321. The molecule has 40 heavy (non-hydrogen) atoms. The summed E-state index contributed by atoms with van der Waals surface area (Å²) in [5, 5.41) is 14.2. The molecule has 1 fully saturated rings. The van der Waals surface area contributed by atoms with E-state index in [0.717, 1.165) is 32.0 Å². The Balaban J connectivity index is 1.63. The lowest BCUT2D eigenvalue weighted by atomic mass is 9.84. The number of carbonyl (C=O) groups is 2. The molecule has 0 aliphatic carbocycles. The van der Waals surface area contributed by atoms with E-state index >= 15 is 0 Å². The Bertz CT molecular complexity index is 1380. The monoisotopic (exact) mass is 578 g/mol. The van der Waals surface area contributed by atoms with Crippen LogP contribution in [0.2, 0.25) is 0 Å². The van der Waals surface area contributed by atoms with Crippen molar-refractivity contribution < 1.29 is 32.6 Å². The number of carboxylic acids is 1. The number of piperidine rings is 1. The second kappa shape index (κ2) is 11.8. The maximum absolute atomic E-state index is 13.8. The highest BCUT2D eigenvalue weighted by atomic mass is 32.1. The van der Waals surface area contributed by atoms with Gasteiger partial charge in [0.25, 0.3) is 5.91 Å². The molecule has 0 spiro atoms. The minimum absolute atomic E-state index is 0.0410. The highest BCUT2D eigenvalue weighted by Gasteiger charge is 2.35. The number of aromatic nitrogens is 3. The average Bonchev–Trinajstić information content (AvgIpc) is 3.27. The fourth-order valence-electron chi connectivity index (χ4n) is 4.56. The highest BCUT2D eigenvalue weighted by molar-refractivity contribution is 7.16. The number of rotatable bonds is 9. The third-order valence-electron chi connectivity index (χ3n) is 6.35. The summed E-state index contributed by atoms with van der Waals surface area (Å²) in [6.07, 6.45) is -0.134. The molecule has 0 saturated carbocycles. The smallest absolute Gasteiger partial charge is 0.419 e. The first-order valence-corrected chi connectivity index (χ1v) is 13.2. The van der Waals surface area contributed by atoms with Crippen LogP contribution in [0, 0.1) is 5.41 Å². The number of thiazole rings is 1. The van der Waals surface area contributed by atoms with E-state index in [2.05, 4.69) is 44.3 Å². The molecule has 0 unspecified atom stereocenters. The lowest BCUT2D eigenvalue weighted by molar-refractivity contribution is -0.138. The van der Waals surface area contributed by atoms with Crippen LogP contribution in [0.4, 0.5) is 24.1 Å². The minimum atomic E-state index is -4.63. The number of alkyl halides is 3. The van der Waals surface area contributed by atoms with Crippen LogP contribution in [0.25, 0.3) is 11.3 Å². The predicted octanol–water partition coefficient (Wildman–Crippen LogP) is 5.00. The molecular formula is C26H29F3N6O4S. The maximum atomic E-state index is 13.8. The van der Waals surface area contributed by atoms with Crippen LogP contribution in [0.1, 0.15) is 47.6 Å². The number of methoxy groups -OCH3 is 1. The van der Waals surface area contributed by atoms with Gasteiger partial charge in [0.15, 0.2) is 5.13 Å². The highest BCUT2D eigenvalue weighted by Crippen LogP contribution is 2.41. The minimum Gasteiger partial charge on any atom is -0.496 e. The summed E-state index contributed by atoms with van der Waals surface area (Å²) in [4.78, 5) is 39.0. The lowest BCUT2D eigenvalue weighted by Crippen LogP contribution is -2.39. The van der Waals surface area contributed by atoms with Crippen molar-refractivity contribution in [2.24, 2.45) is 5.41 Å². The second-order valence-electron chi connectivity index (χ2n) is 10.2. The summed E-state index contributed by atoms with van der Waals surface area (Å²) in [6.45, 7) is 6.13. The van der Waals surface area contributed by atoms with Gasteiger partial charge in [0.2, 0.25) is 0 Å². The number of hydrogen-bond acceptors (Lipinski definition) is 9. The molecule has 4 rings (SSSR count). The largest absolute Gasteiger partial charge is 0.496 e. The Kier molecular flexibility index (Phi) is 8.59. The molecule has 1 aliphatic heterocycles. The Morgan fingerprint density at radius 1 is 1.23 bits per heavy atom. The number of ether oxygens (including phenoxy) is 1. The van der Waals surface area contributed by atoms with Gasteiger partial charge in [-0.05, 0) is 43.0 Å². The molecule has 0 bridgehead atoms. The van der Waals surface area contributed by atoms with Crippen molar-refractivity contribution >= 4 is 34.2 Å². The van der Waals surface area contributed by atoms with Crippen LogP contribution in [0.5, 0.6) is 5.75 Å². The molecule has 0 atom stereocenters. The van der Waals surface area contributed by atoms with Crippen molar-refractivity contribution in [2.75, 3.05) is 37.4 Å². The van der Waals surface area contributed by atoms with E-state index in [-0.39, 0.29) is 39.9 Å². The van der Waals surface area contributed by atoms with Crippen LogP contribution in [-0.2, 0) is 17.5 Å². The molecule has 1 amide bonds. The van der Waals surface area contributed by atoms with E-state index in [0.29, 0.717) is 17.1 Å². The van der Waals surface area contributed by atoms with Crippen molar-refractivity contribution in [1.82, 2.24) is 19.9 Å². The van der Waals surface area contributed by atoms with Gasteiger partial charge in [-0.1, -0.05) is 25.2 Å². The second-order valence-corrected chi connectivity index (χ2v) is 11.3. The van der Waals surface area contributed by atoms with Crippen molar-refractivity contribution in [2.45, 2.75) is 39.4 Å². The number of carboxylic acid groups (broad SMARTS) is 1. The number of amides is 1. The lowest BCUT2D eigenvalue weighted by Gasteiger charge is -2.37. The van der Waals surface area contributed by atoms with E-state index < -0.39 is 23.6 Å². The van der Waals surface area contributed by atoms with Gasteiger partial charge >= 0.3 is 12.1 Å². The first kappa shape index (κ1) is 29.2. The van der Waals surface area contributed by atoms with Gasteiger partial charge in [0, 0.05) is 23.5 Å². The first-order chi connectivity index (χ1) is 18.8. The van der Waals surface area contributed by atoms with Crippen LogP contribution in [0.15, 0.2) is 30.6 Å². The molecule has 14 heteroatoms. The Labute approximate surface area is 232 Å². The summed E-state index contributed by atoms with van der Waals surface area (Å²) in [5.41, 5.74) is -0.252. The zero-order valence-electron chi connectivity index (χ0n) is 22.1. The Morgan fingerprint density at radius 3 is 2.62 bits per heavy atom. The SMILES string of the molecule is COc1ccc(-c2nc(NC(=O)c3cnc(NCC(=O)O)cn3)sc2CN2CCCC(C)(C)C2)cc1C(F)(F)F. The molecule has 1 aliphatic rings. The maximum Gasteiger partial charge on any atom is 0.419 e. The van der Waals surface area contributed by atoms with Crippen molar-refractivity contribution in [3.63, 3.8) is 0 Å². The average molecular weight is 579 g/mol. The summed E-state index contributed by atoms with van der Waals surface area (Å²) in [5.74, 6) is -1.80. The fraction of sp³-hybridized carbons (Fsp3) is 0.423. The van der Waals surface area contributed by atoms with Crippen LogP contribution < -0.4 is 15.4 Å². The van der Waals surface area contributed by atoms with Crippen LogP contribution in [0.3, 0.4) is 0 Å². The number of hydrogen-bond donors (Lipinski definition) is 3. The van der Waals surface area contributed by atoms with Crippen molar-refractivity contribution in [1.29, 1.82) is 0 Å². The molecule has 1 saturated heterocycles. The third-order valence-corrected chi connectivity index (χ3v) is 7.30. The van der Waals surface area contributed by atoms with Gasteiger partial charge in [-0.2, -0.15) is 13.2 Å². The number of halogens is 3. The molecule has 1 aromatic carbocycles. The van der Waals surface area contributed by atoms with Crippen LogP contribution >= 0.6 is 11.3 Å². The first-order valence-electron chi connectivity index (χ1n) is 12.4. The summed E-state index contributed by atoms with van der Waals surface area (Å²) >= 11 is 1.19. The number of anilines is 2. The third kappa shape index (κ3) is 7.24. The van der Waals surface area contributed by atoms with Gasteiger partial charge < -0.3 is 15.2 Å². The van der Waals surface area contributed by atoms with E-state index in [1.807, 2.05) is 0 Å². The Hall–Kier alpha value is -3.78. The van der Waals surface area contributed by atoms with E-state index in [1.165, 1.54) is 43.0 Å². The van der Waals surface area contributed by atoms with Gasteiger partial charge in [-0.25, -0.2) is 15.0 Å². The normalized spacial score (nSPS) is 15.4. The van der Waals surface area contributed by atoms with Gasteiger partial charge in [0.1, 0.15) is 23.8 Å². The molecule has 2 aromatic heterocycles. The van der Waals surface area contributed by atoms with Crippen molar-refractivity contribution in [3.05, 3.63) is 46.7 Å². The van der Waals surface area contributed by atoms with Gasteiger partial charge in [-0.3, -0.25) is 19.8 Å². The van der Waals surface area contributed by atoms with E-state index in [9.17, 15) is 22.8 Å². The summed E-state index contributed by atoms with van der Waals surface area (Å²) in [7, 11) is 1.18. The standard InChI is InChI=1S/C26H29F3N6O4S/c1-25(2)7-4-8-35(14-25)13-19-22(15-5-6-18(39-3)16(9-15)26(27,28)29)33-24(40-19)34-23(38)17-10-31-20(11-30-17)32-12-21(36)37/h5-6,9-11H,4,7-8,12-14H2,1-3H3,(H,31,32)(H,36,37)(H,33,34,38). The molecular weight excluding hydrogens is 549 g/mol. The number of nitrogens with one attached hydrogen (secondary N) is 2. The molecule has 0 radical (unpaired) electrons. The summed E-state index contributed by atoms with van der Waals surface area (Å²) < 4.78 is 46.2. The number of aliphatic carboxylic acids is 1. The molecule has 3 N–H and O–H groups in total. The zero-order valence-corrected chi connectivity index (χ0v) is 22.9. The van der Waals surface area contributed by atoms with Gasteiger partial charge in [-0.15, -0.1) is 0 Å². The number of nitrogens with zero attached hydrogens (tertiary/aromatic N) is 4. The predicted molar refractivity (Wildman–Crippen MR) is 144 cm³/mol. The summed E-state index contributed by atoms with van der Waals surface area (Å²) in [6, 6.07) is 3.79. The molecule has 3 heterocycles. The van der Waals surface area contributed by atoms with E-state index in [4.69, 9.17) is 9.84 Å². The number of benzene rings is 1. The molecule has 214 valence electrons. The Morgan fingerprint density at radius 2 is 2.00 bits per heavy atom. The topological polar surface area (TPSA) is 130 Å². The van der Waals surface area contributed by atoms with Crippen molar-refractivity contribution in [3.8, 4) is 17.0 Å². The fourth-order valence-corrected chi connectivity index (χ4v) is 5.58.